The zero-order valence-corrected chi connectivity index (χ0v) is 24.5. The smallest absolute Gasteiger partial charge is 0.475 e. The maximum absolute atomic E-state index is 13.5. The van der Waals surface area contributed by atoms with Gasteiger partial charge < -0.3 is 10.8 Å². The minimum atomic E-state index is -5.08. The third-order valence-corrected chi connectivity index (χ3v) is 13.6. The first-order valence-electron chi connectivity index (χ1n) is 11.9. The zero-order chi connectivity index (χ0) is 30.8. The van der Waals surface area contributed by atoms with E-state index in [2.05, 4.69) is 0 Å². The number of sulfone groups is 2. The van der Waals surface area contributed by atoms with E-state index >= 15 is 0 Å². The van der Waals surface area contributed by atoms with Crippen LogP contribution in [0.3, 0.4) is 0 Å². The molecule has 4 rings (SSSR count). The molecular weight excluding hydrogens is 639 g/mol. The molecule has 2 aliphatic heterocycles. The molecule has 1 aromatic carbocycles. The molecule has 1 aromatic heterocycles. The SMILES string of the molecule is NCc1ccc(S(=O)(=O)C[C@H]2C[C@@H](c3ccc(F)cc3)CN2S(=O)(=O)N2CCS(=O)(=O)CC2)s1.O=C(O)C(F)(F)F. The average Bonchev–Trinajstić information content (AvgIpc) is 3.52. The first-order valence-corrected chi connectivity index (χ1v) is 17.6. The van der Waals surface area contributed by atoms with Crippen molar-refractivity contribution in [2.24, 2.45) is 5.73 Å². The summed E-state index contributed by atoms with van der Waals surface area (Å²) in [6, 6.07) is 7.97. The van der Waals surface area contributed by atoms with Crippen molar-refractivity contribution in [1.29, 1.82) is 0 Å². The molecule has 2 aromatic rings. The van der Waals surface area contributed by atoms with Gasteiger partial charge in [-0.05, 0) is 42.2 Å². The Morgan fingerprint density at radius 3 is 2.10 bits per heavy atom. The Balaban J connectivity index is 0.000000587. The number of carboxylic acids is 1. The highest BCUT2D eigenvalue weighted by Crippen LogP contribution is 2.37. The summed E-state index contributed by atoms with van der Waals surface area (Å²) in [7, 11) is -11.2. The maximum Gasteiger partial charge on any atom is 0.490 e. The van der Waals surface area contributed by atoms with Crippen molar-refractivity contribution in [1.82, 2.24) is 8.61 Å². The number of hydrogen-bond donors (Lipinski definition) is 2. The Kier molecular flexibility index (Phi) is 10.2. The molecule has 0 saturated carbocycles. The number of rotatable bonds is 7. The van der Waals surface area contributed by atoms with Crippen LogP contribution in [0.15, 0.2) is 40.6 Å². The lowest BCUT2D eigenvalue weighted by Gasteiger charge is -2.32. The third kappa shape index (κ3) is 8.45. The summed E-state index contributed by atoms with van der Waals surface area (Å²) in [6.07, 6.45) is -4.84. The van der Waals surface area contributed by atoms with Gasteiger partial charge in [-0.15, -0.1) is 11.3 Å². The van der Waals surface area contributed by atoms with Crippen LogP contribution in [0.2, 0.25) is 0 Å². The lowest BCUT2D eigenvalue weighted by atomic mass is 9.97. The quantitative estimate of drug-likeness (QED) is 0.417. The van der Waals surface area contributed by atoms with Crippen LogP contribution in [-0.2, 0) is 41.2 Å². The van der Waals surface area contributed by atoms with Crippen molar-refractivity contribution in [2.75, 3.05) is 36.9 Å². The van der Waals surface area contributed by atoms with Crippen LogP contribution < -0.4 is 5.73 Å². The largest absolute Gasteiger partial charge is 0.490 e. The van der Waals surface area contributed by atoms with Crippen LogP contribution in [-0.4, -0.2) is 94.1 Å². The number of thiophene rings is 1. The Hall–Kier alpha value is -2.16. The molecule has 3 N–H and O–H groups in total. The van der Waals surface area contributed by atoms with Gasteiger partial charge in [0.15, 0.2) is 19.7 Å². The fraction of sp³-hybridized carbons (Fsp3) is 0.500. The van der Waals surface area contributed by atoms with E-state index in [9.17, 15) is 42.8 Å². The molecule has 3 heterocycles. The molecule has 0 unspecified atom stereocenters. The van der Waals surface area contributed by atoms with E-state index < -0.39 is 59.6 Å². The molecule has 230 valence electrons. The van der Waals surface area contributed by atoms with Gasteiger partial charge in [0, 0.05) is 37.1 Å². The molecule has 2 saturated heterocycles. The summed E-state index contributed by atoms with van der Waals surface area (Å²) in [5, 5.41) is 7.12. The highest BCUT2D eigenvalue weighted by molar-refractivity contribution is 7.93. The molecule has 0 aliphatic carbocycles. The van der Waals surface area contributed by atoms with Gasteiger partial charge in [0.25, 0.3) is 10.2 Å². The lowest BCUT2D eigenvalue weighted by Crippen LogP contribution is -2.52. The zero-order valence-electron chi connectivity index (χ0n) is 21.2. The van der Waals surface area contributed by atoms with E-state index in [1.165, 1.54) is 22.5 Å². The molecular formula is C22H27F4N3O8S4. The second-order valence-electron chi connectivity index (χ2n) is 9.28. The van der Waals surface area contributed by atoms with E-state index in [1.54, 1.807) is 18.2 Å². The molecule has 19 heteroatoms. The Morgan fingerprint density at radius 1 is 1.05 bits per heavy atom. The standard InChI is InChI=1S/C20H26FN3O6S4.C2HF3O2/c21-17-3-1-15(2-4-17)16-11-18(14-33(27,28)20-6-5-19(12-22)31-20)24(13-16)34(29,30)23-7-9-32(25,26)10-8-23;3-2(4,5)1(6)7/h1-6,16,18H,7-14,22H2;(H,6,7)/t16-,18-;/m1./s1. The summed E-state index contributed by atoms with van der Waals surface area (Å²) in [5.74, 6) is -4.48. The highest BCUT2D eigenvalue weighted by atomic mass is 32.2. The van der Waals surface area contributed by atoms with Gasteiger partial charge in [-0.3, -0.25) is 0 Å². The summed E-state index contributed by atoms with van der Waals surface area (Å²) >= 11 is 1.06. The Bertz CT molecular complexity index is 1550. The predicted molar refractivity (Wildman–Crippen MR) is 141 cm³/mol. The number of benzene rings is 1. The number of hydrogen-bond acceptors (Lipinski definition) is 9. The fourth-order valence-electron chi connectivity index (χ4n) is 4.34. The first kappa shape index (κ1) is 33.3. The highest BCUT2D eigenvalue weighted by Gasteiger charge is 2.45. The second kappa shape index (κ2) is 12.6. The maximum atomic E-state index is 13.5. The van der Waals surface area contributed by atoms with E-state index in [0.717, 1.165) is 15.6 Å². The Labute approximate surface area is 238 Å². The number of alkyl halides is 3. The molecule has 2 fully saturated rings. The summed E-state index contributed by atoms with van der Waals surface area (Å²) < 4.78 is 124. The molecule has 0 bridgehead atoms. The van der Waals surface area contributed by atoms with Crippen molar-refractivity contribution in [2.45, 2.75) is 35.3 Å². The van der Waals surface area contributed by atoms with Crippen LogP contribution in [0.5, 0.6) is 0 Å². The molecule has 41 heavy (non-hydrogen) atoms. The fourth-order valence-corrected chi connectivity index (χ4v) is 10.6. The molecule has 0 amide bonds. The van der Waals surface area contributed by atoms with Crippen LogP contribution in [0, 0.1) is 5.82 Å². The Morgan fingerprint density at radius 2 is 1.61 bits per heavy atom. The van der Waals surface area contributed by atoms with Gasteiger partial charge >= 0.3 is 12.1 Å². The van der Waals surface area contributed by atoms with Crippen molar-refractivity contribution >= 4 is 47.2 Å². The number of nitrogens with zero attached hydrogens (tertiary/aromatic N) is 2. The minimum Gasteiger partial charge on any atom is -0.475 e. The van der Waals surface area contributed by atoms with Gasteiger partial charge in [-0.25, -0.2) is 26.0 Å². The van der Waals surface area contributed by atoms with E-state index in [0.29, 0.717) is 10.4 Å². The number of halogens is 4. The lowest BCUT2D eigenvalue weighted by molar-refractivity contribution is -0.192. The van der Waals surface area contributed by atoms with Crippen molar-refractivity contribution in [3.05, 3.63) is 52.7 Å². The third-order valence-electron chi connectivity index (χ3n) is 6.43. The summed E-state index contributed by atoms with van der Waals surface area (Å²) in [6.45, 7) is -0.121. The molecule has 2 aliphatic rings. The number of aliphatic carboxylic acids is 1. The van der Waals surface area contributed by atoms with Crippen molar-refractivity contribution in [3.8, 4) is 0 Å². The topological polar surface area (TPSA) is 172 Å². The summed E-state index contributed by atoms with van der Waals surface area (Å²) in [4.78, 5) is 9.60. The van der Waals surface area contributed by atoms with Crippen molar-refractivity contribution in [3.63, 3.8) is 0 Å². The normalized spacial score (nSPS) is 22.2. The van der Waals surface area contributed by atoms with Crippen LogP contribution in [0.4, 0.5) is 17.6 Å². The van der Waals surface area contributed by atoms with E-state index in [-0.39, 0.29) is 54.2 Å². The van der Waals surface area contributed by atoms with E-state index in [4.69, 9.17) is 15.6 Å². The van der Waals surface area contributed by atoms with Gasteiger partial charge in [-0.1, -0.05) is 12.1 Å². The molecule has 11 nitrogen and oxygen atoms in total. The molecule has 0 spiro atoms. The van der Waals surface area contributed by atoms with Crippen LogP contribution in [0.1, 0.15) is 22.8 Å². The molecule has 0 radical (unpaired) electrons. The van der Waals surface area contributed by atoms with Gasteiger partial charge in [0.05, 0.1) is 17.3 Å². The second-order valence-corrected chi connectivity index (χ2v) is 16.9. The average molecular weight is 666 g/mol. The molecule has 2 atom stereocenters. The van der Waals surface area contributed by atoms with Crippen LogP contribution >= 0.6 is 11.3 Å². The van der Waals surface area contributed by atoms with Gasteiger partial charge in [0.1, 0.15) is 10.0 Å². The monoisotopic (exact) mass is 665 g/mol. The predicted octanol–water partition coefficient (Wildman–Crippen LogP) is 1.59. The van der Waals surface area contributed by atoms with Crippen LogP contribution in [0.25, 0.3) is 0 Å². The van der Waals surface area contributed by atoms with Gasteiger partial charge in [-0.2, -0.15) is 30.2 Å². The summed E-state index contributed by atoms with van der Waals surface area (Å²) in [5.41, 5.74) is 6.31. The number of nitrogens with two attached hydrogens (primary N) is 1. The minimum absolute atomic E-state index is 0.0237. The van der Waals surface area contributed by atoms with Crippen molar-refractivity contribution < 1.29 is 52.7 Å². The van der Waals surface area contributed by atoms with E-state index in [1.807, 2.05) is 0 Å². The number of carbonyl (C=O) groups is 1. The number of carboxylic acid groups (broad SMARTS) is 1. The van der Waals surface area contributed by atoms with Gasteiger partial charge in [0.2, 0.25) is 0 Å². The first-order chi connectivity index (χ1) is 18.9.